The van der Waals surface area contributed by atoms with Crippen LogP contribution >= 0.6 is 0 Å². The molecule has 3 rings (SSSR count). The molecule has 1 aliphatic heterocycles. The van der Waals surface area contributed by atoms with E-state index >= 15 is 0 Å². The van der Waals surface area contributed by atoms with Gasteiger partial charge in [-0.25, -0.2) is 4.79 Å². The molecule has 1 saturated heterocycles. The molecule has 6 heteroatoms. The first kappa shape index (κ1) is 13.6. The summed E-state index contributed by atoms with van der Waals surface area (Å²) < 4.78 is 10.6. The Balaban J connectivity index is 1.88. The van der Waals surface area contributed by atoms with Crippen molar-refractivity contribution in [2.45, 2.75) is 18.9 Å². The number of benzene rings is 1. The lowest BCUT2D eigenvalue weighted by atomic mass is 9.99. The number of ether oxygens (including phenoxy) is 1. The SMILES string of the molecule is Cc1ccc2oc(C(=O)NC3(C(=O)O)CCOC3)cc2c1. The molecule has 0 bridgehead atoms. The average molecular weight is 289 g/mol. The summed E-state index contributed by atoms with van der Waals surface area (Å²) >= 11 is 0. The van der Waals surface area contributed by atoms with E-state index in [4.69, 9.17) is 9.15 Å². The van der Waals surface area contributed by atoms with Gasteiger partial charge in [0, 0.05) is 18.4 Å². The predicted octanol–water partition coefficient (Wildman–Crippen LogP) is 1.71. The molecule has 1 fully saturated rings. The van der Waals surface area contributed by atoms with E-state index in [1.165, 1.54) is 0 Å². The van der Waals surface area contributed by atoms with Crippen molar-refractivity contribution >= 4 is 22.8 Å². The largest absolute Gasteiger partial charge is 0.479 e. The number of amides is 1. The summed E-state index contributed by atoms with van der Waals surface area (Å²) in [5.41, 5.74) is 0.283. The van der Waals surface area contributed by atoms with Crippen molar-refractivity contribution in [3.8, 4) is 0 Å². The van der Waals surface area contributed by atoms with E-state index in [-0.39, 0.29) is 18.8 Å². The third-order valence-corrected chi connectivity index (χ3v) is 3.68. The zero-order chi connectivity index (χ0) is 15.0. The first-order valence-electron chi connectivity index (χ1n) is 6.64. The highest BCUT2D eigenvalue weighted by Gasteiger charge is 2.44. The monoisotopic (exact) mass is 289 g/mol. The number of fused-ring (bicyclic) bond motifs is 1. The van der Waals surface area contributed by atoms with Gasteiger partial charge in [-0.2, -0.15) is 0 Å². The Labute approximate surface area is 120 Å². The standard InChI is InChI=1S/C15H15NO5/c1-9-2-3-11-10(6-9)7-12(21-11)13(17)16-15(14(18)19)4-5-20-8-15/h2-3,6-7H,4-5,8H2,1H3,(H,16,17)(H,18,19). The molecule has 0 radical (unpaired) electrons. The maximum Gasteiger partial charge on any atom is 0.331 e. The smallest absolute Gasteiger partial charge is 0.331 e. The van der Waals surface area contributed by atoms with Crippen LogP contribution in [0.4, 0.5) is 0 Å². The first-order valence-corrected chi connectivity index (χ1v) is 6.64. The van der Waals surface area contributed by atoms with Crippen molar-refractivity contribution in [1.29, 1.82) is 0 Å². The minimum atomic E-state index is -1.37. The number of carbonyl (C=O) groups is 2. The molecule has 1 amide bonds. The summed E-state index contributed by atoms with van der Waals surface area (Å²) in [5.74, 6) is -1.54. The minimum Gasteiger partial charge on any atom is -0.479 e. The number of aryl methyl sites for hydroxylation is 1. The number of carbonyl (C=O) groups excluding carboxylic acids is 1. The minimum absolute atomic E-state index is 0.0343. The molecule has 1 aliphatic rings. The Bertz CT molecular complexity index is 712. The van der Waals surface area contributed by atoms with Gasteiger partial charge >= 0.3 is 5.97 Å². The Morgan fingerprint density at radius 3 is 2.81 bits per heavy atom. The average Bonchev–Trinajstić information content (AvgIpc) is 3.05. The molecule has 0 spiro atoms. The van der Waals surface area contributed by atoms with E-state index in [0.717, 1.165) is 10.9 Å². The summed E-state index contributed by atoms with van der Waals surface area (Å²) in [4.78, 5) is 23.6. The highest BCUT2D eigenvalue weighted by atomic mass is 16.5. The van der Waals surface area contributed by atoms with Gasteiger partial charge in [-0.3, -0.25) is 4.79 Å². The van der Waals surface area contributed by atoms with Gasteiger partial charge in [-0.15, -0.1) is 0 Å². The van der Waals surface area contributed by atoms with E-state index in [2.05, 4.69) is 5.32 Å². The molecule has 2 N–H and O–H groups in total. The van der Waals surface area contributed by atoms with Crippen molar-refractivity contribution in [3.63, 3.8) is 0 Å². The first-order chi connectivity index (χ1) is 10.00. The molecule has 6 nitrogen and oxygen atoms in total. The second kappa shape index (κ2) is 4.89. The Hall–Kier alpha value is -2.34. The Morgan fingerprint density at radius 2 is 2.14 bits per heavy atom. The fourth-order valence-electron chi connectivity index (χ4n) is 2.44. The fourth-order valence-corrected chi connectivity index (χ4v) is 2.44. The van der Waals surface area contributed by atoms with Gasteiger partial charge in [0.05, 0.1) is 6.61 Å². The predicted molar refractivity (Wildman–Crippen MR) is 74.2 cm³/mol. The highest BCUT2D eigenvalue weighted by Crippen LogP contribution is 2.23. The lowest BCUT2D eigenvalue weighted by Crippen LogP contribution is -2.55. The molecule has 21 heavy (non-hydrogen) atoms. The van der Waals surface area contributed by atoms with Gasteiger partial charge in [0.1, 0.15) is 5.58 Å². The van der Waals surface area contributed by atoms with Crippen molar-refractivity contribution < 1.29 is 23.8 Å². The molecular weight excluding hydrogens is 274 g/mol. The molecule has 110 valence electrons. The highest BCUT2D eigenvalue weighted by molar-refractivity contribution is 5.99. The van der Waals surface area contributed by atoms with Crippen LogP contribution in [-0.2, 0) is 9.53 Å². The molecule has 0 saturated carbocycles. The van der Waals surface area contributed by atoms with Crippen LogP contribution in [0.25, 0.3) is 11.0 Å². The summed E-state index contributed by atoms with van der Waals surface area (Å²) in [6.07, 6.45) is 0.243. The molecule has 1 aromatic carbocycles. The van der Waals surface area contributed by atoms with Gasteiger partial charge in [-0.1, -0.05) is 11.6 Å². The van der Waals surface area contributed by atoms with E-state index in [9.17, 15) is 14.7 Å². The van der Waals surface area contributed by atoms with Crippen LogP contribution in [0.3, 0.4) is 0 Å². The number of furan rings is 1. The van der Waals surface area contributed by atoms with Crippen molar-refractivity contribution in [2.75, 3.05) is 13.2 Å². The van der Waals surface area contributed by atoms with E-state index in [1.807, 2.05) is 19.1 Å². The molecule has 1 atom stereocenters. The summed E-state index contributed by atoms with van der Waals surface area (Å²) in [7, 11) is 0. The number of rotatable bonds is 3. The molecule has 1 unspecified atom stereocenters. The number of hydrogen-bond donors (Lipinski definition) is 2. The molecule has 2 aromatic rings. The van der Waals surface area contributed by atoms with Crippen molar-refractivity contribution in [2.24, 2.45) is 0 Å². The van der Waals surface area contributed by atoms with Crippen LogP contribution in [0.2, 0.25) is 0 Å². The number of carboxylic acid groups (broad SMARTS) is 1. The van der Waals surface area contributed by atoms with E-state index in [0.29, 0.717) is 12.2 Å². The van der Waals surface area contributed by atoms with Gasteiger partial charge in [-0.05, 0) is 25.1 Å². The van der Waals surface area contributed by atoms with Crippen LogP contribution < -0.4 is 5.32 Å². The zero-order valence-electron chi connectivity index (χ0n) is 11.5. The summed E-state index contributed by atoms with van der Waals surface area (Å²) in [6, 6.07) is 7.19. The van der Waals surface area contributed by atoms with Crippen molar-refractivity contribution in [1.82, 2.24) is 5.32 Å². The fraction of sp³-hybridized carbons (Fsp3) is 0.333. The second-order valence-corrected chi connectivity index (χ2v) is 5.30. The van der Waals surface area contributed by atoms with Crippen LogP contribution in [0.1, 0.15) is 22.5 Å². The maximum absolute atomic E-state index is 12.2. The third-order valence-electron chi connectivity index (χ3n) is 3.68. The summed E-state index contributed by atoms with van der Waals surface area (Å²) in [5, 5.41) is 12.6. The summed E-state index contributed by atoms with van der Waals surface area (Å²) in [6.45, 7) is 2.22. The number of carboxylic acids is 1. The Morgan fingerprint density at radius 1 is 1.33 bits per heavy atom. The van der Waals surface area contributed by atoms with Crippen LogP contribution in [0, 0.1) is 6.92 Å². The molecule has 2 heterocycles. The lowest BCUT2D eigenvalue weighted by molar-refractivity contribution is -0.144. The van der Waals surface area contributed by atoms with Gasteiger partial charge in [0.25, 0.3) is 5.91 Å². The third kappa shape index (κ3) is 2.38. The van der Waals surface area contributed by atoms with Gasteiger partial charge in [0.2, 0.25) is 0 Å². The number of aliphatic carboxylic acids is 1. The lowest BCUT2D eigenvalue weighted by Gasteiger charge is -2.22. The van der Waals surface area contributed by atoms with Crippen LogP contribution in [0.5, 0.6) is 0 Å². The maximum atomic E-state index is 12.2. The topological polar surface area (TPSA) is 88.8 Å². The number of hydrogen-bond acceptors (Lipinski definition) is 4. The normalized spacial score (nSPS) is 21.6. The molecular formula is C15H15NO5. The van der Waals surface area contributed by atoms with E-state index < -0.39 is 17.4 Å². The molecule has 0 aliphatic carbocycles. The Kier molecular flexibility index (Phi) is 3.17. The quantitative estimate of drug-likeness (QED) is 0.898. The molecule has 1 aromatic heterocycles. The zero-order valence-corrected chi connectivity index (χ0v) is 11.5. The van der Waals surface area contributed by atoms with Crippen LogP contribution in [-0.4, -0.2) is 35.7 Å². The van der Waals surface area contributed by atoms with Crippen LogP contribution in [0.15, 0.2) is 28.7 Å². The number of nitrogens with one attached hydrogen (secondary N) is 1. The second-order valence-electron chi connectivity index (χ2n) is 5.30. The van der Waals surface area contributed by atoms with Crippen molar-refractivity contribution in [3.05, 3.63) is 35.6 Å². The van der Waals surface area contributed by atoms with Gasteiger partial charge in [0.15, 0.2) is 11.3 Å². The van der Waals surface area contributed by atoms with E-state index in [1.54, 1.807) is 12.1 Å². The van der Waals surface area contributed by atoms with Gasteiger partial charge < -0.3 is 19.6 Å².